The molecule has 112 valence electrons. The third kappa shape index (κ3) is 2.91. The topological polar surface area (TPSA) is 37.8 Å². The Labute approximate surface area is 126 Å². The summed E-state index contributed by atoms with van der Waals surface area (Å²) in [5.41, 5.74) is 1.21. The maximum absolute atomic E-state index is 4.31. The van der Waals surface area contributed by atoms with Gasteiger partial charge in [-0.05, 0) is 74.4 Å². The molecule has 3 nitrogen and oxygen atoms in total. The molecule has 20 heavy (non-hydrogen) atoms. The highest BCUT2D eigenvalue weighted by molar-refractivity contribution is 7.05. The number of nitrogens with zero attached hydrogens (tertiary/aromatic N) is 2. The zero-order valence-electron chi connectivity index (χ0n) is 12.8. The van der Waals surface area contributed by atoms with Gasteiger partial charge < -0.3 is 5.32 Å². The Balaban J connectivity index is 1.69. The summed E-state index contributed by atoms with van der Waals surface area (Å²) >= 11 is 1.61. The fourth-order valence-corrected chi connectivity index (χ4v) is 5.12. The van der Waals surface area contributed by atoms with Crippen molar-refractivity contribution in [3.8, 4) is 0 Å². The van der Waals surface area contributed by atoms with Crippen LogP contribution in [0.5, 0.6) is 0 Å². The lowest BCUT2D eigenvalue weighted by Crippen LogP contribution is -2.26. The van der Waals surface area contributed by atoms with Gasteiger partial charge in [0.05, 0.1) is 10.6 Å². The molecule has 4 heteroatoms. The van der Waals surface area contributed by atoms with Crippen LogP contribution < -0.4 is 5.32 Å². The first-order valence-corrected chi connectivity index (χ1v) is 9.13. The van der Waals surface area contributed by atoms with Gasteiger partial charge in [0.1, 0.15) is 0 Å². The van der Waals surface area contributed by atoms with Crippen LogP contribution in [0.4, 0.5) is 0 Å². The van der Waals surface area contributed by atoms with Crippen molar-refractivity contribution >= 4 is 11.5 Å². The largest absolute Gasteiger partial charge is 0.309 e. The first-order chi connectivity index (χ1) is 9.81. The Hall–Kier alpha value is -0.480. The van der Waals surface area contributed by atoms with Crippen molar-refractivity contribution in [3.63, 3.8) is 0 Å². The SMILES string of the molecule is CCCNC(CC1CC2CCC1C2)c1snnc1CC. The first-order valence-electron chi connectivity index (χ1n) is 8.36. The van der Waals surface area contributed by atoms with E-state index in [9.17, 15) is 0 Å². The molecule has 1 heterocycles. The van der Waals surface area contributed by atoms with Crippen LogP contribution in [0.3, 0.4) is 0 Å². The van der Waals surface area contributed by atoms with Crippen molar-refractivity contribution in [2.45, 2.75) is 64.8 Å². The van der Waals surface area contributed by atoms with E-state index < -0.39 is 0 Å². The molecule has 1 aromatic heterocycles. The van der Waals surface area contributed by atoms with Crippen LogP contribution in [0, 0.1) is 17.8 Å². The molecule has 4 unspecified atom stereocenters. The quantitative estimate of drug-likeness (QED) is 0.826. The Morgan fingerprint density at radius 3 is 2.85 bits per heavy atom. The van der Waals surface area contributed by atoms with Crippen LogP contribution in [0.15, 0.2) is 0 Å². The molecule has 0 aliphatic heterocycles. The van der Waals surface area contributed by atoms with Gasteiger partial charge in [-0.15, -0.1) is 5.10 Å². The van der Waals surface area contributed by atoms with Gasteiger partial charge in [-0.25, -0.2) is 0 Å². The molecule has 0 amide bonds. The maximum atomic E-state index is 4.31. The number of aryl methyl sites for hydroxylation is 1. The zero-order chi connectivity index (χ0) is 13.9. The average Bonchev–Trinajstić information content (AvgIpc) is 3.18. The molecule has 4 atom stereocenters. The van der Waals surface area contributed by atoms with Gasteiger partial charge in [-0.3, -0.25) is 0 Å². The highest BCUT2D eigenvalue weighted by Crippen LogP contribution is 2.51. The van der Waals surface area contributed by atoms with E-state index in [1.807, 2.05) is 0 Å². The predicted octanol–water partition coefficient (Wildman–Crippen LogP) is 3.97. The maximum Gasteiger partial charge on any atom is 0.0800 e. The van der Waals surface area contributed by atoms with Gasteiger partial charge in [-0.2, -0.15) is 0 Å². The lowest BCUT2D eigenvalue weighted by Gasteiger charge is -2.27. The lowest BCUT2D eigenvalue weighted by atomic mass is 9.83. The summed E-state index contributed by atoms with van der Waals surface area (Å²) in [6.07, 6.45) is 9.47. The molecule has 2 bridgehead atoms. The van der Waals surface area contributed by atoms with Crippen molar-refractivity contribution in [3.05, 3.63) is 10.6 Å². The zero-order valence-corrected chi connectivity index (χ0v) is 13.6. The van der Waals surface area contributed by atoms with Crippen molar-refractivity contribution in [1.82, 2.24) is 14.9 Å². The fraction of sp³-hybridized carbons (Fsp3) is 0.875. The molecule has 3 rings (SSSR count). The molecule has 1 N–H and O–H groups in total. The molecule has 2 aliphatic rings. The van der Waals surface area contributed by atoms with Crippen molar-refractivity contribution in [2.24, 2.45) is 17.8 Å². The van der Waals surface area contributed by atoms with Gasteiger partial charge in [-0.1, -0.05) is 24.8 Å². The van der Waals surface area contributed by atoms with Crippen LogP contribution in [0.2, 0.25) is 0 Å². The molecule has 0 saturated heterocycles. The number of rotatable bonds is 7. The molecule has 2 saturated carbocycles. The summed E-state index contributed by atoms with van der Waals surface area (Å²) < 4.78 is 4.20. The van der Waals surface area contributed by atoms with Crippen molar-refractivity contribution in [1.29, 1.82) is 0 Å². The van der Waals surface area contributed by atoms with Crippen LogP contribution >= 0.6 is 11.5 Å². The van der Waals surface area contributed by atoms with Crippen LogP contribution in [-0.4, -0.2) is 16.1 Å². The summed E-state index contributed by atoms with van der Waals surface area (Å²) in [6, 6.07) is 0.495. The third-order valence-corrected chi connectivity index (χ3v) is 6.18. The van der Waals surface area contributed by atoms with E-state index in [4.69, 9.17) is 0 Å². The molecule has 1 aromatic rings. The number of hydrogen-bond donors (Lipinski definition) is 1. The van der Waals surface area contributed by atoms with Crippen LogP contribution in [-0.2, 0) is 6.42 Å². The second-order valence-electron chi connectivity index (χ2n) is 6.61. The number of aromatic nitrogens is 2. The summed E-state index contributed by atoms with van der Waals surface area (Å²) in [5.74, 6) is 2.99. The highest BCUT2D eigenvalue weighted by Gasteiger charge is 2.40. The second-order valence-corrected chi connectivity index (χ2v) is 7.40. The van der Waals surface area contributed by atoms with Crippen LogP contribution in [0.25, 0.3) is 0 Å². The average molecular weight is 293 g/mol. The Morgan fingerprint density at radius 1 is 1.30 bits per heavy atom. The monoisotopic (exact) mass is 293 g/mol. The fourth-order valence-electron chi connectivity index (χ4n) is 4.29. The molecule has 2 aliphatic carbocycles. The van der Waals surface area contributed by atoms with Gasteiger partial charge >= 0.3 is 0 Å². The second kappa shape index (κ2) is 6.52. The molecule has 0 radical (unpaired) electrons. The highest BCUT2D eigenvalue weighted by atomic mass is 32.1. The van der Waals surface area contributed by atoms with E-state index in [1.165, 1.54) is 49.1 Å². The van der Waals surface area contributed by atoms with E-state index >= 15 is 0 Å². The molecule has 0 spiro atoms. The van der Waals surface area contributed by atoms with E-state index in [0.29, 0.717) is 6.04 Å². The summed E-state index contributed by atoms with van der Waals surface area (Å²) in [4.78, 5) is 1.41. The molecular formula is C16H27N3S. The third-order valence-electron chi connectivity index (χ3n) is 5.30. The minimum atomic E-state index is 0.495. The summed E-state index contributed by atoms with van der Waals surface area (Å²) in [6.45, 7) is 5.54. The summed E-state index contributed by atoms with van der Waals surface area (Å²) in [5, 5.41) is 8.08. The summed E-state index contributed by atoms with van der Waals surface area (Å²) in [7, 11) is 0. The minimum absolute atomic E-state index is 0.495. The Kier molecular flexibility index (Phi) is 4.72. The molecule has 2 fully saturated rings. The number of fused-ring (bicyclic) bond motifs is 2. The van der Waals surface area contributed by atoms with Crippen molar-refractivity contribution in [2.75, 3.05) is 6.54 Å². The normalized spacial score (nSPS) is 30.0. The van der Waals surface area contributed by atoms with Gasteiger partial charge in [0.15, 0.2) is 0 Å². The van der Waals surface area contributed by atoms with Gasteiger partial charge in [0.2, 0.25) is 0 Å². The van der Waals surface area contributed by atoms with E-state index in [0.717, 1.165) is 30.7 Å². The Bertz CT molecular complexity index is 431. The number of hydrogen-bond acceptors (Lipinski definition) is 4. The standard InChI is InChI=1S/C16H27N3S/c1-3-7-17-15(16-14(4-2)18-19-20-16)10-13-9-11-5-6-12(13)8-11/h11-13,15,17H,3-10H2,1-2H3. The van der Waals surface area contributed by atoms with E-state index in [2.05, 4.69) is 28.8 Å². The number of nitrogens with one attached hydrogen (secondary N) is 1. The van der Waals surface area contributed by atoms with Crippen molar-refractivity contribution < 1.29 is 0 Å². The van der Waals surface area contributed by atoms with E-state index in [-0.39, 0.29) is 0 Å². The molecule has 0 aromatic carbocycles. The smallest absolute Gasteiger partial charge is 0.0800 e. The molecular weight excluding hydrogens is 266 g/mol. The van der Waals surface area contributed by atoms with Gasteiger partial charge in [0, 0.05) is 6.04 Å². The van der Waals surface area contributed by atoms with Gasteiger partial charge in [0.25, 0.3) is 0 Å². The van der Waals surface area contributed by atoms with E-state index in [1.54, 1.807) is 11.5 Å². The predicted molar refractivity (Wildman–Crippen MR) is 83.9 cm³/mol. The first kappa shape index (κ1) is 14.5. The lowest BCUT2D eigenvalue weighted by molar-refractivity contribution is 0.280. The Morgan fingerprint density at radius 2 is 2.20 bits per heavy atom. The van der Waals surface area contributed by atoms with Crippen LogP contribution in [0.1, 0.15) is 69.0 Å². The minimum Gasteiger partial charge on any atom is -0.309 e.